The van der Waals surface area contributed by atoms with E-state index in [4.69, 9.17) is 9.47 Å². The van der Waals surface area contributed by atoms with Gasteiger partial charge < -0.3 is 20.1 Å². The quantitative estimate of drug-likeness (QED) is 0.761. The summed E-state index contributed by atoms with van der Waals surface area (Å²) in [6.45, 7) is 1.49. The summed E-state index contributed by atoms with van der Waals surface area (Å²) in [5.41, 5.74) is 0.0218. The fourth-order valence-corrected chi connectivity index (χ4v) is 3.47. The van der Waals surface area contributed by atoms with Crippen LogP contribution in [-0.4, -0.2) is 32.9 Å². The summed E-state index contributed by atoms with van der Waals surface area (Å²) in [4.78, 5) is 12.3. The number of urea groups is 1. The lowest BCUT2D eigenvalue weighted by atomic mass is 9.74. The van der Waals surface area contributed by atoms with Gasteiger partial charge in [-0.2, -0.15) is 13.2 Å². The van der Waals surface area contributed by atoms with Crippen molar-refractivity contribution in [2.45, 2.75) is 24.4 Å². The summed E-state index contributed by atoms with van der Waals surface area (Å²) in [5, 5.41) is 5.29. The lowest BCUT2D eigenvalue weighted by Crippen LogP contribution is -2.45. The van der Waals surface area contributed by atoms with Crippen molar-refractivity contribution in [1.82, 2.24) is 5.32 Å². The molecule has 0 unspecified atom stereocenters. The van der Waals surface area contributed by atoms with Gasteiger partial charge in [-0.15, -0.1) is 0 Å². The van der Waals surface area contributed by atoms with Crippen LogP contribution in [0, 0.1) is 0 Å². The van der Waals surface area contributed by atoms with E-state index >= 15 is 0 Å². The van der Waals surface area contributed by atoms with Crippen LogP contribution in [0.1, 0.15) is 24.0 Å². The molecule has 5 nitrogen and oxygen atoms in total. The minimum absolute atomic E-state index is 0.0859. The maximum Gasteiger partial charge on any atom is 0.416 e. The smallest absolute Gasteiger partial charge is 0.416 e. The minimum Gasteiger partial charge on any atom is -0.497 e. The van der Waals surface area contributed by atoms with Crippen LogP contribution >= 0.6 is 0 Å². The van der Waals surface area contributed by atoms with Gasteiger partial charge in [0.2, 0.25) is 0 Å². The van der Waals surface area contributed by atoms with Crippen LogP contribution in [0.3, 0.4) is 0 Å². The minimum atomic E-state index is -4.46. The van der Waals surface area contributed by atoms with Gasteiger partial charge in [-0.3, -0.25) is 0 Å². The lowest BCUT2D eigenvalue weighted by molar-refractivity contribution is -0.137. The number of carbonyl (C=O) groups excluding carboxylic acids is 1. The van der Waals surface area contributed by atoms with Crippen molar-refractivity contribution in [2.75, 3.05) is 32.2 Å². The Hall–Kier alpha value is -2.74. The predicted octanol–water partition coefficient (Wildman–Crippen LogP) is 4.58. The SMILES string of the molecule is COc1ccc(C2(CNC(=O)Nc3cccc(C(F)(F)F)c3)CCOCC2)cc1. The molecule has 2 N–H and O–H groups in total. The predicted molar refractivity (Wildman–Crippen MR) is 103 cm³/mol. The molecule has 0 bridgehead atoms. The first-order chi connectivity index (χ1) is 13.8. The average molecular weight is 408 g/mol. The van der Waals surface area contributed by atoms with E-state index in [9.17, 15) is 18.0 Å². The molecule has 0 aliphatic carbocycles. The molecule has 8 heteroatoms. The highest BCUT2D eigenvalue weighted by Gasteiger charge is 2.35. The van der Waals surface area contributed by atoms with Crippen molar-refractivity contribution >= 4 is 11.7 Å². The van der Waals surface area contributed by atoms with E-state index in [-0.39, 0.29) is 11.1 Å². The number of anilines is 1. The number of amides is 2. The van der Waals surface area contributed by atoms with Crippen molar-refractivity contribution in [3.63, 3.8) is 0 Å². The van der Waals surface area contributed by atoms with Crippen molar-refractivity contribution < 1.29 is 27.4 Å². The van der Waals surface area contributed by atoms with E-state index in [0.717, 1.165) is 36.3 Å². The molecule has 0 spiro atoms. The Morgan fingerprint density at radius 2 is 1.83 bits per heavy atom. The fraction of sp³-hybridized carbons (Fsp3) is 0.381. The first-order valence-electron chi connectivity index (χ1n) is 9.27. The summed E-state index contributed by atoms with van der Waals surface area (Å²) in [6, 6.07) is 11.7. The van der Waals surface area contributed by atoms with Gasteiger partial charge in [0.05, 0.1) is 12.7 Å². The summed E-state index contributed by atoms with van der Waals surface area (Å²) in [7, 11) is 1.60. The second-order valence-electron chi connectivity index (χ2n) is 7.01. The molecule has 2 amide bonds. The van der Waals surface area contributed by atoms with Crippen LogP contribution in [0.15, 0.2) is 48.5 Å². The molecule has 1 fully saturated rings. The molecule has 3 rings (SSSR count). The molecule has 1 aliphatic heterocycles. The molecule has 0 saturated carbocycles. The Morgan fingerprint density at radius 3 is 2.45 bits per heavy atom. The van der Waals surface area contributed by atoms with Crippen molar-refractivity contribution in [3.05, 3.63) is 59.7 Å². The molecular weight excluding hydrogens is 385 g/mol. The van der Waals surface area contributed by atoms with E-state index in [2.05, 4.69) is 10.6 Å². The summed E-state index contributed by atoms with van der Waals surface area (Å²) >= 11 is 0. The molecule has 29 heavy (non-hydrogen) atoms. The van der Waals surface area contributed by atoms with E-state index < -0.39 is 17.8 Å². The highest BCUT2D eigenvalue weighted by molar-refractivity contribution is 5.89. The topological polar surface area (TPSA) is 59.6 Å². The molecule has 1 saturated heterocycles. The maximum absolute atomic E-state index is 12.8. The Kier molecular flexibility index (Phi) is 6.32. The van der Waals surface area contributed by atoms with Gasteiger partial charge in [-0.25, -0.2) is 4.79 Å². The van der Waals surface area contributed by atoms with Crippen LogP contribution in [0.25, 0.3) is 0 Å². The summed E-state index contributed by atoms with van der Waals surface area (Å²) < 4.78 is 49.2. The van der Waals surface area contributed by atoms with E-state index in [1.54, 1.807) is 7.11 Å². The average Bonchev–Trinajstić information content (AvgIpc) is 2.73. The zero-order valence-corrected chi connectivity index (χ0v) is 16.0. The van der Waals surface area contributed by atoms with Crippen LogP contribution in [0.5, 0.6) is 5.75 Å². The van der Waals surface area contributed by atoms with Crippen molar-refractivity contribution in [1.29, 1.82) is 0 Å². The third-order valence-electron chi connectivity index (χ3n) is 5.19. The largest absolute Gasteiger partial charge is 0.497 e. The monoisotopic (exact) mass is 408 g/mol. The third kappa shape index (κ3) is 5.20. The van der Waals surface area contributed by atoms with E-state index in [1.165, 1.54) is 12.1 Å². The second kappa shape index (κ2) is 8.73. The van der Waals surface area contributed by atoms with Crippen LogP contribution < -0.4 is 15.4 Å². The fourth-order valence-electron chi connectivity index (χ4n) is 3.47. The number of halogens is 3. The number of benzene rings is 2. The molecule has 1 heterocycles. The normalized spacial score (nSPS) is 16.1. The lowest BCUT2D eigenvalue weighted by Gasteiger charge is -2.38. The number of hydrogen-bond donors (Lipinski definition) is 2. The van der Waals surface area contributed by atoms with Crippen LogP contribution in [-0.2, 0) is 16.3 Å². The van der Waals surface area contributed by atoms with E-state index in [0.29, 0.717) is 19.8 Å². The number of methoxy groups -OCH3 is 1. The maximum atomic E-state index is 12.8. The highest BCUT2D eigenvalue weighted by Crippen LogP contribution is 2.35. The number of rotatable bonds is 5. The van der Waals surface area contributed by atoms with Gasteiger partial charge in [0.25, 0.3) is 0 Å². The number of carbonyl (C=O) groups is 1. The summed E-state index contributed by atoms with van der Waals surface area (Å²) in [5.74, 6) is 0.742. The standard InChI is InChI=1S/C21H23F3N2O3/c1-28-18-7-5-15(6-8-18)20(9-11-29-12-10-20)14-25-19(27)26-17-4-2-3-16(13-17)21(22,23)24/h2-8,13H,9-12,14H2,1H3,(H2,25,26,27). The number of hydrogen-bond acceptors (Lipinski definition) is 3. The Balaban J connectivity index is 1.68. The number of nitrogens with one attached hydrogen (secondary N) is 2. The van der Waals surface area contributed by atoms with Crippen molar-refractivity contribution in [2.24, 2.45) is 0 Å². The molecule has 2 aromatic carbocycles. The molecule has 0 radical (unpaired) electrons. The second-order valence-corrected chi connectivity index (χ2v) is 7.01. The molecule has 156 valence electrons. The van der Waals surface area contributed by atoms with Crippen LogP contribution in [0.4, 0.5) is 23.7 Å². The van der Waals surface area contributed by atoms with Crippen LogP contribution in [0.2, 0.25) is 0 Å². The van der Waals surface area contributed by atoms with Gasteiger partial charge in [0.15, 0.2) is 0 Å². The highest BCUT2D eigenvalue weighted by atomic mass is 19.4. The molecular formula is C21H23F3N2O3. The van der Waals surface area contributed by atoms with Gasteiger partial charge in [-0.05, 0) is 48.7 Å². The number of ether oxygens (including phenoxy) is 2. The Labute approximate surface area is 167 Å². The molecule has 0 aromatic heterocycles. The first kappa shape index (κ1) is 21.0. The zero-order chi connectivity index (χ0) is 20.9. The third-order valence-corrected chi connectivity index (χ3v) is 5.19. The van der Waals surface area contributed by atoms with Gasteiger partial charge in [-0.1, -0.05) is 18.2 Å². The van der Waals surface area contributed by atoms with Gasteiger partial charge in [0.1, 0.15) is 5.75 Å². The molecule has 2 aromatic rings. The molecule has 1 aliphatic rings. The van der Waals surface area contributed by atoms with Gasteiger partial charge in [0, 0.05) is 30.9 Å². The zero-order valence-electron chi connectivity index (χ0n) is 16.0. The Bertz CT molecular complexity index is 832. The molecule has 0 atom stereocenters. The van der Waals surface area contributed by atoms with Gasteiger partial charge >= 0.3 is 12.2 Å². The Morgan fingerprint density at radius 1 is 1.14 bits per heavy atom. The number of alkyl halides is 3. The van der Waals surface area contributed by atoms with E-state index in [1.807, 2.05) is 24.3 Å². The summed E-state index contributed by atoms with van der Waals surface area (Å²) in [6.07, 6.45) is -3.01. The first-order valence-corrected chi connectivity index (χ1v) is 9.27. The van der Waals surface area contributed by atoms with Crippen molar-refractivity contribution in [3.8, 4) is 5.75 Å².